The fourth-order valence-corrected chi connectivity index (χ4v) is 4.05. The Morgan fingerprint density at radius 1 is 1.54 bits per heavy atom. The first-order valence-corrected chi connectivity index (χ1v) is 6.67. The van der Waals surface area contributed by atoms with Gasteiger partial charge in [0, 0.05) is 6.42 Å². The normalized spacial score (nSPS) is 11.1. The van der Waals surface area contributed by atoms with Gasteiger partial charge in [0.2, 0.25) is 0 Å². The topological polar surface area (TPSA) is 57.9 Å². The van der Waals surface area contributed by atoms with Gasteiger partial charge in [-0.25, -0.2) is 8.42 Å². The molecule has 0 fully saturated rings. The van der Waals surface area contributed by atoms with E-state index in [0.717, 1.165) is 15.1 Å². The van der Waals surface area contributed by atoms with Gasteiger partial charge < -0.3 is 0 Å². The number of hydrogen-bond donors (Lipinski definition) is 0. The molecule has 3 nitrogen and oxygen atoms in total. The van der Waals surface area contributed by atoms with E-state index in [1.54, 1.807) is 12.1 Å². The fourth-order valence-electron chi connectivity index (χ4n) is 0.745. The molecule has 0 saturated heterocycles. The molecular weight excluding hydrogens is 274 g/mol. The Morgan fingerprint density at radius 2 is 2.23 bits per heavy atom. The molecule has 70 valence electrons. The highest BCUT2D eigenvalue weighted by Gasteiger charge is 2.15. The first-order valence-electron chi connectivity index (χ1n) is 3.41. The average Bonchev–Trinajstić information content (AvgIpc) is 2.49. The Balaban J connectivity index is 2.89. The van der Waals surface area contributed by atoms with Crippen molar-refractivity contribution in [2.45, 2.75) is 10.6 Å². The third-order valence-electron chi connectivity index (χ3n) is 1.34. The minimum Gasteiger partial charge on any atom is -0.223 e. The summed E-state index contributed by atoms with van der Waals surface area (Å²) in [4.78, 5) is 0. The molecule has 6 heteroatoms. The standard InChI is InChI=1S/C7H6BrNO2S2/c8-6-2-3-7(12-6)13(10,11)5-1-4-9/h2-3H,1,5H2. The molecular formula is C7H6BrNO2S2. The van der Waals surface area contributed by atoms with Crippen molar-refractivity contribution in [1.29, 1.82) is 5.26 Å². The van der Waals surface area contributed by atoms with Crippen molar-refractivity contribution in [2.75, 3.05) is 5.75 Å². The summed E-state index contributed by atoms with van der Waals surface area (Å²) in [6.07, 6.45) is 0.0395. The van der Waals surface area contributed by atoms with Gasteiger partial charge in [-0.05, 0) is 28.1 Å². The molecule has 13 heavy (non-hydrogen) atoms. The zero-order chi connectivity index (χ0) is 9.90. The van der Waals surface area contributed by atoms with Gasteiger partial charge in [0.25, 0.3) is 0 Å². The highest BCUT2D eigenvalue weighted by atomic mass is 79.9. The Morgan fingerprint density at radius 3 is 2.69 bits per heavy atom. The molecule has 0 unspecified atom stereocenters. The monoisotopic (exact) mass is 279 g/mol. The summed E-state index contributed by atoms with van der Waals surface area (Å²) < 4.78 is 24.0. The Bertz CT molecular complexity index is 430. The number of sulfone groups is 1. The van der Waals surface area contributed by atoms with Crippen LogP contribution in [-0.4, -0.2) is 14.2 Å². The molecule has 1 aromatic rings. The minimum absolute atomic E-state index is 0.0395. The molecule has 1 aromatic heterocycles. The van der Waals surface area contributed by atoms with Crippen molar-refractivity contribution in [3.63, 3.8) is 0 Å². The van der Waals surface area contributed by atoms with Crippen molar-refractivity contribution in [3.8, 4) is 6.07 Å². The first-order chi connectivity index (χ1) is 6.06. The van der Waals surface area contributed by atoms with E-state index < -0.39 is 9.84 Å². The highest BCUT2D eigenvalue weighted by Crippen LogP contribution is 2.26. The fraction of sp³-hybridized carbons (Fsp3) is 0.286. The number of nitriles is 1. The maximum Gasteiger partial charge on any atom is 0.188 e. The molecule has 0 aliphatic rings. The molecule has 0 amide bonds. The number of rotatable bonds is 3. The van der Waals surface area contributed by atoms with Crippen molar-refractivity contribution >= 4 is 37.1 Å². The van der Waals surface area contributed by atoms with Crippen molar-refractivity contribution < 1.29 is 8.42 Å². The maximum atomic E-state index is 11.4. The second-order valence-electron chi connectivity index (χ2n) is 2.29. The predicted octanol–water partition coefficient (Wildman–Crippen LogP) is 2.20. The Labute approximate surface area is 89.1 Å². The summed E-state index contributed by atoms with van der Waals surface area (Å²) in [5.41, 5.74) is 0. The molecule has 0 radical (unpaired) electrons. The van der Waals surface area contributed by atoms with Crippen molar-refractivity contribution in [2.24, 2.45) is 0 Å². The summed E-state index contributed by atoms with van der Waals surface area (Å²) >= 11 is 4.35. The third kappa shape index (κ3) is 2.79. The molecule has 1 rings (SSSR count). The molecule has 0 atom stereocenters. The van der Waals surface area contributed by atoms with E-state index >= 15 is 0 Å². The van der Waals surface area contributed by atoms with Gasteiger partial charge in [-0.2, -0.15) is 5.26 Å². The summed E-state index contributed by atoms with van der Waals surface area (Å²) in [6, 6.07) is 5.04. The van der Waals surface area contributed by atoms with E-state index in [1.165, 1.54) is 0 Å². The van der Waals surface area contributed by atoms with Crippen LogP contribution in [0.4, 0.5) is 0 Å². The first kappa shape index (κ1) is 10.7. The van der Waals surface area contributed by atoms with E-state index in [-0.39, 0.29) is 12.2 Å². The molecule has 1 heterocycles. The van der Waals surface area contributed by atoms with Crippen LogP contribution in [0.25, 0.3) is 0 Å². The van der Waals surface area contributed by atoms with E-state index in [1.807, 2.05) is 6.07 Å². The summed E-state index contributed by atoms with van der Waals surface area (Å²) in [5.74, 6) is -0.101. The van der Waals surface area contributed by atoms with Gasteiger partial charge in [-0.3, -0.25) is 0 Å². The lowest BCUT2D eigenvalue weighted by atomic mass is 10.6. The summed E-state index contributed by atoms with van der Waals surface area (Å²) in [7, 11) is -3.24. The lowest BCUT2D eigenvalue weighted by molar-refractivity contribution is 0.598. The minimum atomic E-state index is -3.24. The maximum absolute atomic E-state index is 11.4. The summed E-state index contributed by atoms with van der Waals surface area (Å²) in [5, 5.41) is 8.26. The van der Waals surface area contributed by atoms with Crippen LogP contribution in [0.3, 0.4) is 0 Å². The molecule has 0 aliphatic carbocycles. The third-order valence-corrected chi connectivity index (χ3v) is 5.26. The number of hydrogen-bond acceptors (Lipinski definition) is 4. The molecule has 0 saturated carbocycles. The Kier molecular flexibility index (Phi) is 3.47. The van der Waals surface area contributed by atoms with Crippen LogP contribution in [0.1, 0.15) is 6.42 Å². The van der Waals surface area contributed by atoms with E-state index in [2.05, 4.69) is 15.9 Å². The number of thiophene rings is 1. The van der Waals surface area contributed by atoms with Gasteiger partial charge in [-0.1, -0.05) is 0 Å². The van der Waals surface area contributed by atoms with Crippen LogP contribution in [0.5, 0.6) is 0 Å². The molecule has 0 aliphatic heterocycles. The van der Waals surface area contributed by atoms with Gasteiger partial charge in [0.15, 0.2) is 9.84 Å². The zero-order valence-corrected chi connectivity index (χ0v) is 9.75. The second-order valence-corrected chi connectivity index (χ2v) is 7.08. The van der Waals surface area contributed by atoms with Gasteiger partial charge >= 0.3 is 0 Å². The van der Waals surface area contributed by atoms with Crippen LogP contribution in [0.15, 0.2) is 20.1 Å². The lowest BCUT2D eigenvalue weighted by Crippen LogP contribution is -2.03. The zero-order valence-electron chi connectivity index (χ0n) is 6.53. The number of nitrogens with zero attached hydrogens (tertiary/aromatic N) is 1. The van der Waals surface area contributed by atoms with Gasteiger partial charge in [0.1, 0.15) is 4.21 Å². The van der Waals surface area contributed by atoms with Gasteiger partial charge in [-0.15, -0.1) is 11.3 Å². The SMILES string of the molecule is N#CCCS(=O)(=O)c1ccc(Br)s1. The molecule has 0 spiro atoms. The van der Waals surface area contributed by atoms with E-state index in [4.69, 9.17) is 5.26 Å². The Hall–Kier alpha value is -0.380. The van der Waals surface area contributed by atoms with Crippen LogP contribution in [0, 0.1) is 11.3 Å². The second kappa shape index (κ2) is 4.22. The van der Waals surface area contributed by atoms with Crippen molar-refractivity contribution in [3.05, 3.63) is 15.9 Å². The molecule has 0 aromatic carbocycles. The molecule has 0 N–H and O–H groups in total. The van der Waals surface area contributed by atoms with Crippen LogP contribution < -0.4 is 0 Å². The van der Waals surface area contributed by atoms with Crippen LogP contribution in [0.2, 0.25) is 0 Å². The predicted molar refractivity (Wildman–Crippen MR) is 54.3 cm³/mol. The van der Waals surface area contributed by atoms with Crippen LogP contribution >= 0.6 is 27.3 Å². The van der Waals surface area contributed by atoms with E-state index in [0.29, 0.717) is 4.21 Å². The smallest absolute Gasteiger partial charge is 0.188 e. The van der Waals surface area contributed by atoms with Crippen LogP contribution in [-0.2, 0) is 9.84 Å². The quantitative estimate of drug-likeness (QED) is 0.852. The lowest BCUT2D eigenvalue weighted by Gasteiger charge is -1.95. The van der Waals surface area contributed by atoms with Gasteiger partial charge in [0.05, 0.1) is 15.6 Å². The van der Waals surface area contributed by atoms with E-state index in [9.17, 15) is 8.42 Å². The van der Waals surface area contributed by atoms with Crippen molar-refractivity contribution in [1.82, 2.24) is 0 Å². The summed E-state index contributed by atoms with van der Waals surface area (Å²) in [6.45, 7) is 0. The number of halogens is 1. The molecule has 0 bridgehead atoms. The largest absolute Gasteiger partial charge is 0.223 e. The average molecular weight is 280 g/mol. The highest BCUT2D eigenvalue weighted by molar-refractivity contribution is 9.11.